The van der Waals surface area contributed by atoms with E-state index in [9.17, 15) is 22.4 Å². The monoisotopic (exact) mass is 405 g/mol. The van der Waals surface area contributed by atoms with E-state index in [-0.39, 0.29) is 35.1 Å². The number of hydrogen-bond acceptors (Lipinski definition) is 4. The van der Waals surface area contributed by atoms with E-state index in [0.29, 0.717) is 13.1 Å². The number of carbonyl (C=O) groups is 2. The van der Waals surface area contributed by atoms with Gasteiger partial charge in [-0.15, -0.1) is 0 Å². The summed E-state index contributed by atoms with van der Waals surface area (Å²) in [5.74, 6) is -1.28. The molecule has 28 heavy (non-hydrogen) atoms. The highest BCUT2D eigenvalue weighted by Gasteiger charge is 2.29. The van der Waals surface area contributed by atoms with Gasteiger partial charge in [0.05, 0.1) is 10.6 Å². The summed E-state index contributed by atoms with van der Waals surface area (Å²) in [6, 6.07) is 11.3. The number of carbonyl (C=O) groups excluding carboxylic acids is 2. The molecule has 2 aromatic rings. The number of para-hydroxylation sites is 1. The van der Waals surface area contributed by atoms with Crippen LogP contribution in [0.4, 0.5) is 10.1 Å². The van der Waals surface area contributed by atoms with E-state index in [1.165, 1.54) is 53.7 Å². The molecule has 1 N–H and O–H groups in total. The fourth-order valence-corrected chi connectivity index (χ4v) is 4.42. The number of hydrogen-bond donors (Lipinski definition) is 1. The lowest BCUT2D eigenvalue weighted by Gasteiger charge is -2.33. The average molecular weight is 405 g/mol. The number of sulfonamides is 1. The molecule has 0 saturated carbocycles. The molecule has 148 valence electrons. The Morgan fingerprint density at radius 2 is 1.68 bits per heavy atom. The molecule has 9 heteroatoms. The van der Waals surface area contributed by atoms with Gasteiger partial charge in [0, 0.05) is 38.7 Å². The van der Waals surface area contributed by atoms with E-state index in [1.54, 1.807) is 11.0 Å². The van der Waals surface area contributed by atoms with Gasteiger partial charge in [0.25, 0.3) is 5.91 Å². The van der Waals surface area contributed by atoms with E-state index in [1.807, 2.05) is 0 Å². The lowest BCUT2D eigenvalue weighted by Crippen LogP contribution is -2.49. The van der Waals surface area contributed by atoms with Gasteiger partial charge in [-0.1, -0.05) is 18.2 Å². The fraction of sp³-hybridized carbons (Fsp3) is 0.263. The van der Waals surface area contributed by atoms with Gasteiger partial charge in [-0.05, 0) is 30.3 Å². The summed E-state index contributed by atoms with van der Waals surface area (Å²) in [5.41, 5.74) is 0.118. The summed E-state index contributed by atoms with van der Waals surface area (Å²) in [4.78, 5) is 25.4. The summed E-state index contributed by atoms with van der Waals surface area (Å²) >= 11 is 0. The lowest BCUT2D eigenvalue weighted by atomic mass is 10.2. The minimum Gasteiger partial charge on any atom is -0.340 e. The SMILES string of the molecule is CC(=O)N1CCN(S(=O)(=O)c2cccc(C(=O)Nc3ccccc3F)c2)CC1. The first-order chi connectivity index (χ1) is 13.3. The quantitative estimate of drug-likeness (QED) is 0.842. The Morgan fingerprint density at radius 1 is 1.00 bits per heavy atom. The van der Waals surface area contributed by atoms with E-state index in [4.69, 9.17) is 0 Å². The van der Waals surface area contributed by atoms with Crippen LogP contribution >= 0.6 is 0 Å². The molecule has 0 radical (unpaired) electrons. The van der Waals surface area contributed by atoms with Crippen molar-refractivity contribution in [1.29, 1.82) is 0 Å². The van der Waals surface area contributed by atoms with E-state index < -0.39 is 21.7 Å². The Labute approximate surface area is 162 Å². The molecule has 2 aromatic carbocycles. The average Bonchev–Trinajstić information content (AvgIpc) is 2.70. The van der Waals surface area contributed by atoms with Crippen LogP contribution in [0.5, 0.6) is 0 Å². The van der Waals surface area contributed by atoms with Gasteiger partial charge < -0.3 is 10.2 Å². The van der Waals surface area contributed by atoms with Gasteiger partial charge >= 0.3 is 0 Å². The van der Waals surface area contributed by atoms with Gasteiger partial charge in [0.2, 0.25) is 15.9 Å². The number of anilines is 1. The molecule has 0 unspecified atom stereocenters. The Kier molecular flexibility index (Phi) is 5.76. The van der Waals surface area contributed by atoms with Gasteiger partial charge in [-0.3, -0.25) is 9.59 Å². The van der Waals surface area contributed by atoms with Gasteiger partial charge in [0.1, 0.15) is 5.82 Å². The molecule has 1 heterocycles. The van der Waals surface area contributed by atoms with Gasteiger partial charge in [0.15, 0.2) is 0 Å². The van der Waals surface area contributed by atoms with Crippen LogP contribution in [-0.2, 0) is 14.8 Å². The third kappa shape index (κ3) is 4.20. The molecule has 0 aliphatic carbocycles. The highest BCUT2D eigenvalue weighted by Crippen LogP contribution is 2.20. The van der Waals surface area contributed by atoms with Crippen molar-refractivity contribution < 1.29 is 22.4 Å². The minimum atomic E-state index is -3.81. The molecule has 2 amide bonds. The predicted octanol–water partition coefficient (Wildman–Crippen LogP) is 1.93. The summed E-state index contributed by atoms with van der Waals surface area (Å²) in [6.07, 6.45) is 0. The highest BCUT2D eigenvalue weighted by molar-refractivity contribution is 7.89. The molecule has 3 rings (SSSR count). The summed E-state index contributed by atoms with van der Waals surface area (Å²) in [6.45, 7) is 2.47. The molecular formula is C19H20FN3O4S. The molecule has 1 aliphatic heterocycles. The van der Waals surface area contributed by atoms with Crippen molar-refractivity contribution in [2.45, 2.75) is 11.8 Å². The molecule has 1 saturated heterocycles. The standard InChI is InChI=1S/C19H20FN3O4S/c1-14(24)22-9-11-23(12-10-22)28(26,27)16-6-4-5-15(13-16)19(25)21-18-8-3-2-7-17(18)20/h2-8,13H,9-12H2,1H3,(H,21,25). The Bertz CT molecular complexity index is 1000. The van der Waals surface area contributed by atoms with Crippen LogP contribution in [0.15, 0.2) is 53.4 Å². The normalized spacial score (nSPS) is 15.3. The molecule has 1 aliphatic rings. The van der Waals surface area contributed by atoms with Gasteiger partial charge in [-0.2, -0.15) is 4.31 Å². The van der Waals surface area contributed by atoms with Crippen molar-refractivity contribution in [2.24, 2.45) is 0 Å². The third-order valence-corrected chi connectivity index (χ3v) is 6.43. The number of piperazine rings is 1. The fourth-order valence-electron chi connectivity index (χ4n) is 2.95. The van der Waals surface area contributed by atoms with Crippen LogP contribution in [-0.4, -0.2) is 55.6 Å². The lowest BCUT2D eigenvalue weighted by molar-refractivity contribution is -0.129. The second-order valence-electron chi connectivity index (χ2n) is 6.37. The van der Waals surface area contributed by atoms with Crippen molar-refractivity contribution in [2.75, 3.05) is 31.5 Å². The number of benzene rings is 2. The van der Waals surface area contributed by atoms with Crippen LogP contribution < -0.4 is 5.32 Å². The summed E-state index contributed by atoms with van der Waals surface area (Å²) in [5, 5.41) is 2.44. The first-order valence-corrected chi connectivity index (χ1v) is 10.1. The predicted molar refractivity (Wildman–Crippen MR) is 102 cm³/mol. The molecule has 0 bridgehead atoms. The maximum Gasteiger partial charge on any atom is 0.255 e. The van der Waals surface area contributed by atoms with Crippen LogP contribution in [0.2, 0.25) is 0 Å². The van der Waals surface area contributed by atoms with Crippen LogP contribution in [0.3, 0.4) is 0 Å². The zero-order valence-corrected chi connectivity index (χ0v) is 16.1. The topological polar surface area (TPSA) is 86.8 Å². The maximum absolute atomic E-state index is 13.7. The number of halogens is 1. The second-order valence-corrected chi connectivity index (χ2v) is 8.31. The van der Waals surface area contributed by atoms with Gasteiger partial charge in [-0.25, -0.2) is 12.8 Å². The molecule has 0 aromatic heterocycles. The Balaban J connectivity index is 1.78. The van der Waals surface area contributed by atoms with Crippen LogP contribution in [0.25, 0.3) is 0 Å². The number of nitrogens with zero attached hydrogens (tertiary/aromatic N) is 2. The van der Waals surface area contributed by atoms with E-state index in [0.717, 1.165) is 0 Å². The minimum absolute atomic E-state index is 0.0149. The van der Waals surface area contributed by atoms with Crippen LogP contribution in [0, 0.1) is 5.82 Å². The maximum atomic E-state index is 13.7. The zero-order valence-electron chi connectivity index (χ0n) is 15.3. The molecule has 0 atom stereocenters. The van der Waals surface area contributed by atoms with Crippen molar-refractivity contribution in [1.82, 2.24) is 9.21 Å². The van der Waals surface area contributed by atoms with Crippen molar-refractivity contribution in [3.05, 3.63) is 59.9 Å². The number of rotatable bonds is 4. The molecule has 0 spiro atoms. The molecular weight excluding hydrogens is 385 g/mol. The Morgan fingerprint density at radius 3 is 2.32 bits per heavy atom. The Hall–Kier alpha value is -2.78. The first kappa shape index (κ1) is 20.0. The summed E-state index contributed by atoms with van der Waals surface area (Å²) in [7, 11) is -3.81. The third-order valence-electron chi connectivity index (χ3n) is 4.54. The summed E-state index contributed by atoms with van der Waals surface area (Å²) < 4.78 is 40.8. The second kappa shape index (κ2) is 8.07. The number of amides is 2. The van der Waals surface area contributed by atoms with E-state index >= 15 is 0 Å². The molecule has 1 fully saturated rings. The number of nitrogens with one attached hydrogen (secondary N) is 1. The van der Waals surface area contributed by atoms with Crippen LogP contribution in [0.1, 0.15) is 17.3 Å². The van der Waals surface area contributed by atoms with E-state index in [2.05, 4.69) is 5.32 Å². The smallest absolute Gasteiger partial charge is 0.255 e. The first-order valence-electron chi connectivity index (χ1n) is 8.70. The zero-order chi connectivity index (χ0) is 20.3. The largest absolute Gasteiger partial charge is 0.340 e. The highest BCUT2D eigenvalue weighted by atomic mass is 32.2. The van der Waals surface area contributed by atoms with Crippen molar-refractivity contribution in [3.8, 4) is 0 Å². The molecule has 7 nitrogen and oxygen atoms in total. The van der Waals surface area contributed by atoms with Crippen molar-refractivity contribution in [3.63, 3.8) is 0 Å². The van der Waals surface area contributed by atoms with Crippen molar-refractivity contribution >= 4 is 27.5 Å².